The summed E-state index contributed by atoms with van der Waals surface area (Å²) in [5.74, 6) is -0.872. The van der Waals surface area contributed by atoms with Gasteiger partial charge in [0, 0.05) is 16.8 Å². The van der Waals surface area contributed by atoms with Crippen LogP contribution in [0, 0.1) is 13.8 Å². The van der Waals surface area contributed by atoms with Crippen LogP contribution >= 0.6 is 11.6 Å². The number of nitrogens with zero attached hydrogens (tertiary/aromatic N) is 1. The number of anilines is 1. The fraction of sp³-hybridized carbons (Fsp3) is 0.138. The van der Waals surface area contributed by atoms with Gasteiger partial charge in [-0.25, -0.2) is 13.8 Å². The second-order valence-corrected chi connectivity index (χ2v) is 11.6. The molecule has 1 heterocycles. The summed E-state index contributed by atoms with van der Waals surface area (Å²) in [4.78, 5) is 26.1. The first-order valence-corrected chi connectivity index (χ1v) is 14.2. The van der Waals surface area contributed by atoms with E-state index in [1.165, 1.54) is 30.7 Å². The van der Waals surface area contributed by atoms with Gasteiger partial charge in [-0.3, -0.25) is 9.59 Å². The number of carbonyl (C=O) groups is 2. The van der Waals surface area contributed by atoms with E-state index in [1.807, 2.05) is 32.0 Å². The molecule has 4 rings (SSSR count). The fourth-order valence-corrected chi connectivity index (χ4v) is 5.35. The Balaban J connectivity index is 1.55. The highest BCUT2D eigenvalue weighted by Crippen LogP contribution is 2.31. The molecule has 0 aliphatic heterocycles. The van der Waals surface area contributed by atoms with Crippen molar-refractivity contribution in [3.05, 3.63) is 123 Å². The summed E-state index contributed by atoms with van der Waals surface area (Å²) < 4.78 is 30.4. The number of benzene rings is 3. The number of hydrogen-bond acceptors (Lipinski definition) is 6. The van der Waals surface area contributed by atoms with Gasteiger partial charge in [-0.2, -0.15) is 5.10 Å². The van der Waals surface area contributed by atoms with E-state index in [4.69, 9.17) is 16.0 Å². The number of amides is 2. The lowest BCUT2D eigenvalue weighted by molar-refractivity contribution is 0.0956. The summed E-state index contributed by atoms with van der Waals surface area (Å²) >= 11 is 6.13. The van der Waals surface area contributed by atoms with Crippen molar-refractivity contribution in [2.45, 2.75) is 19.1 Å². The molecule has 8 nitrogen and oxygen atoms in total. The number of rotatable bonds is 8. The minimum Gasteiger partial charge on any atom is -0.468 e. The third-order valence-electron chi connectivity index (χ3n) is 6.07. The van der Waals surface area contributed by atoms with E-state index in [2.05, 4.69) is 15.8 Å². The van der Waals surface area contributed by atoms with E-state index in [0.717, 1.165) is 22.9 Å². The second kappa shape index (κ2) is 11.7. The van der Waals surface area contributed by atoms with Crippen molar-refractivity contribution < 1.29 is 22.4 Å². The first-order valence-electron chi connectivity index (χ1n) is 11.9. The van der Waals surface area contributed by atoms with Crippen molar-refractivity contribution in [1.82, 2.24) is 5.43 Å². The van der Waals surface area contributed by atoms with Gasteiger partial charge in [0.05, 0.1) is 23.7 Å². The minimum atomic E-state index is -3.61. The summed E-state index contributed by atoms with van der Waals surface area (Å²) in [6.45, 7) is 3.99. The number of nitrogens with one attached hydrogen (secondary N) is 2. The van der Waals surface area contributed by atoms with Gasteiger partial charge in [-0.1, -0.05) is 41.9 Å². The van der Waals surface area contributed by atoms with Crippen LogP contribution in [0.25, 0.3) is 0 Å². The predicted octanol–water partition coefficient (Wildman–Crippen LogP) is 5.70. The van der Waals surface area contributed by atoms with Crippen LogP contribution < -0.4 is 10.7 Å². The third kappa shape index (κ3) is 6.81. The second-order valence-electron chi connectivity index (χ2n) is 9.04. The molecule has 2 N–H and O–H groups in total. The molecular weight excluding hydrogens is 538 g/mol. The third-order valence-corrected chi connectivity index (χ3v) is 7.66. The van der Waals surface area contributed by atoms with Crippen LogP contribution in [0.3, 0.4) is 0 Å². The van der Waals surface area contributed by atoms with Crippen LogP contribution in [0.4, 0.5) is 5.69 Å². The van der Waals surface area contributed by atoms with Gasteiger partial charge >= 0.3 is 0 Å². The molecule has 0 saturated heterocycles. The molecule has 10 heteroatoms. The van der Waals surface area contributed by atoms with E-state index in [-0.39, 0.29) is 22.6 Å². The van der Waals surface area contributed by atoms with Crippen LogP contribution in [0.1, 0.15) is 54.0 Å². The molecule has 0 fully saturated rings. The van der Waals surface area contributed by atoms with E-state index < -0.39 is 26.9 Å². The van der Waals surface area contributed by atoms with Crippen LogP contribution in [0.15, 0.2) is 88.6 Å². The molecule has 0 aliphatic rings. The van der Waals surface area contributed by atoms with Gasteiger partial charge in [-0.15, -0.1) is 0 Å². The molecule has 200 valence electrons. The summed E-state index contributed by atoms with van der Waals surface area (Å²) in [5, 5.41) is 5.96. The lowest BCUT2D eigenvalue weighted by Gasteiger charge is -2.15. The molecular formula is C29H26ClN3O5S. The van der Waals surface area contributed by atoms with E-state index >= 15 is 0 Å². The summed E-state index contributed by atoms with van der Waals surface area (Å²) in [6, 6.07) is 19.7. The normalized spacial score (nSPS) is 12.3. The highest BCUT2D eigenvalue weighted by Gasteiger charge is 2.28. The van der Waals surface area contributed by atoms with Crippen LogP contribution in [0.2, 0.25) is 5.02 Å². The summed E-state index contributed by atoms with van der Waals surface area (Å²) in [7, 11) is -3.61. The predicted molar refractivity (Wildman–Crippen MR) is 152 cm³/mol. The molecule has 2 amide bonds. The number of hydrazone groups is 1. The molecule has 1 atom stereocenters. The van der Waals surface area contributed by atoms with Crippen molar-refractivity contribution in [3.8, 4) is 0 Å². The number of aryl methyl sites for hydroxylation is 2. The average molecular weight is 564 g/mol. The molecule has 0 spiro atoms. The maximum absolute atomic E-state index is 13.2. The Morgan fingerprint density at radius 1 is 0.949 bits per heavy atom. The molecule has 0 aliphatic carbocycles. The average Bonchev–Trinajstić information content (AvgIpc) is 3.40. The standard InChI is InChI=1S/C29H26ClN3O5S/c1-18-9-10-20(14-19(18)2)17-31-33-29(35)24-16-23(30)11-12-25(24)32-28(34)22-7-4-6-21(15-22)27(39(3,36)37)26-8-5-13-38-26/h4-17,27H,1-3H3,(H,32,34)(H,33,35)/b31-17+. The molecule has 4 aromatic rings. The quantitative estimate of drug-likeness (QED) is 0.211. The van der Waals surface area contributed by atoms with E-state index in [9.17, 15) is 18.0 Å². The van der Waals surface area contributed by atoms with E-state index in [1.54, 1.807) is 36.4 Å². The number of hydrogen-bond donors (Lipinski definition) is 2. The summed E-state index contributed by atoms with van der Waals surface area (Å²) in [6.07, 6.45) is 4.02. The first-order chi connectivity index (χ1) is 18.5. The Bertz CT molecular complexity index is 1660. The minimum absolute atomic E-state index is 0.105. The van der Waals surface area contributed by atoms with Gasteiger partial charge in [-0.05, 0) is 78.6 Å². The Morgan fingerprint density at radius 2 is 1.74 bits per heavy atom. The Kier molecular flexibility index (Phi) is 8.32. The zero-order valence-electron chi connectivity index (χ0n) is 21.4. The zero-order chi connectivity index (χ0) is 28.2. The number of sulfone groups is 1. The molecule has 3 aromatic carbocycles. The smallest absolute Gasteiger partial charge is 0.273 e. The Hall–Kier alpha value is -4.21. The molecule has 1 aromatic heterocycles. The van der Waals surface area contributed by atoms with Crippen molar-refractivity contribution in [1.29, 1.82) is 0 Å². The van der Waals surface area contributed by atoms with Gasteiger partial charge in [0.15, 0.2) is 9.84 Å². The maximum Gasteiger partial charge on any atom is 0.273 e. The van der Waals surface area contributed by atoms with Crippen LogP contribution in [-0.2, 0) is 9.84 Å². The van der Waals surface area contributed by atoms with Gasteiger partial charge < -0.3 is 9.73 Å². The maximum atomic E-state index is 13.2. The van der Waals surface area contributed by atoms with Crippen LogP contribution in [0.5, 0.6) is 0 Å². The molecule has 0 bridgehead atoms. The first kappa shape index (κ1) is 27.8. The lowest BCUT2D eigenvalue weighted by Crippen LogP contribution is -2.21. The van der Waals surface area contributed by atoms with Crippen molar-refractivity contribution in [2.75, 3.05) is 11.6 Å². The molecule has 1 unspecified atom stereocenters. The highest BCUT2D eigenvalue weighted by atomic mass is 35.5. The number of furan rings is 1. The van der Waals surface area contributed by atoms with E-state index in [0.29, 0.717) is 10.6 Å². The van der Waals surface area contributed by atoms with Gasteiger partial charge in [0.1, 0.15) is 11.0 Å². The Morgan fingerprint density at radius 3 is 2.44 bits per heavy atom. The lowest BCUT2D eigenvalue weighted by atomic mass is 10.1. The monoisotopic (exact) mass is 563 g/mol. The number of carbonyl (C=O) groups excluding carboxylic acids is 2. The molecule has 0 saturated carbocycles. The molecule has 39 heavy (non-hydrogen) atoms. The van der Waals surface area contributed by atoms with Gasteiger partial charge in [0.25, 0.3) is 11.8 Å². The van der Waals surface area contributed by atoms with Crippen molar-refractivity contribution in [2.24, 2.45) is 5.10 Å². The van der Waals surface area contributed by atoms with Gasteiger partial charge in [0.2, 0.25) is 0 Å². The topological polar surface area (TPSA) is 118 Å². The zero-order valence-corrected chi connectivity index (χ0v) is 23.0. The number of halogens is 1. The fourth-order valence-electron chi connectivity index (χ4n) is 3.98. The highest BCUT2D eigenvalue weighted by molar-refractivity contribution is 7.91. The van der Waals surface area contributed by atoms with Crippen molar-refractivity contribution in [3.63, 3.8) is 0 Å². The van der Waals surface area contributed by atoms with Crippen LogP contribution in [-0.4, -0.2) is 32.7 Å². The van der Waals surface area contributed by atoms with Crippen molar-refractivity contribution >= 4 is 45.2 Å². The Labute approximate surface area is 231 Å². The largest absolute Gasteiger partial charge is 0.468 e. The molecule has 0 radical (unpaired) electrons. The SMILES string of the molecule is Cc1ccc(/C=N/NC(=O)c2cc(Cl)ccc2NC(=O)c2cccc(C(c3ccco3)S(C)(=O)=O)c2)cc1C. The summed E-state index contributed by atoms with van der Waals surface area (Å²) in [5.41, 5.74) is 6.41.